The van der Waals surface area contributed by atoms with E-state index in [0.29, 0.717) is 6.42 Å². The van der Waals surface area contributed by atoms with E-state index in [1.54, 1.807) is 0 Å². The first-order valence-electron chi connectivity index (χ1n) is 6.74. The maximum Gasteiger partial charge on any atom is 0.337 e. The Labute approximate surface area is 134 Å². The quantitative estimate of drug-likeness (QED) is 0.295. The van der Waals surface area contributed by atoms with Gasteiger partial charge in [-0.05, 0) is 12.8 Å². The number of carbonyl (C=O) groups excluding carboxylic acids is 2. The topological polar surface area (TPSA) is 144 Å². The van der Waals surface area contributed by atoms with Crippen molar-refractivity contribution in [3.8, 4) is 12.1 Å². The molecule has 0 rings (SSSR count). The minimum absolute atomic E-state index is 0.0186. The smallest absolute Gasteiger partial charge is 0.337 e. The Morgan fingerprint density at radius 1 is 1.04 bits per heavy atom. The Morgan fingerprint density at radius 3 is 2.04 bits per heavy atom. The first-order chi connectivity index (χ1) is 10.8. The van der Waals surface area contributed by atoms with Gasteiger partial charge in [-0.1, -0.05) is 0 Å². The fourth-order valence-electron chi connectivity index (χ4n) is 1.33. The van der Waals surface area contributed by atoms with Crippen molar-refractivity contribution in [2.75, 3.05) is 19.5 Å². The maximum atomic E-state index is 11.8. The van der Waals surface area contributed by atoms with Gasteiger partial charge < -0.3 is 9.47 Å². The molecule has 0 aliphatic rings. The van der Waals surface area contributed by atoms with Crippen LogP contribution in [0.15, 0.2) is 0 Å². The molecule has 0 aromatic heterocycles. The molecule has 10 heteroatoms. The van der Waals surface area contributed by atoms with Crippen molar-refractivity contribution in [2.45, 2.75) is 38.2 Å². The molecule has 0 spiro atoms. The Kier molecular flexibility index (Phi) is 10.3. The SMILES string of the molecule is CS(=O)(=O)OC(CC(=O)OCCCC#N)C(=O)OCCCC#N. The summed E-state index contributed by atoms with van der Waals surface area (Å²) in [5, 5.41) is 16.7. The highest BCUT2D eigenvalue weighted by Gasteiger charge is 2.29. The Balaban J connectivity index is 4.50. The molecule has 0 radical (unpaired) electrons. The van der Waals surface area contributed by atoms with Crippen molar-refractivity contribution in [3.63, 3.8) is 0 Å². The molecule has 0 aliphatic heterocycles. The van der Waals surface area contributed by atoms with Crippen molar-refractivity contribution in [1.82, 2.24) is 0 Å². The van der Waals surface area contributed by atoms with E-state index < -0.39 is 34.6 Å². The molecule has 128 valence electrons. The highest BCUT2D eigenvalue weighted by molar-refractivity contribution is 7.86. The fraction of sp³-hybridized carbons (Fsp3) is 0.692. The summed E-state index contributed by atoms with van der Waals surface area (Å²) in [5.41, 5.74) is 0. The van der Waals surface area contributed by atoms with Gasteiger partial charge in [0.15, 0.2) is 6.10 Å². The van der Waals surface area contributed by atoms with Gasteiger partial charge in [-0.2, -0.15) is 18.9 Å². The van der Waals surface area contributed by atoms with Gasteiger partial charge in [-0.25, -0.2) is 4.79 Å². The van der Waals surface area contributed by atoms with Crippen molar-refractivity contribution >= 4 is 22.1 Å². The summed E-state index contributed by atoms with van der Waals surface area (Å²) in [6, 6.07) is 3.73. The zero-order valence-electron chi connectivity index (χ0n) is 12.7. The number of hydrogen-bond donors (Lipinski definition) is 0. The number of carbonyl (C=O) groups is 2. The monoisotopic (exact) mass is 346 g/mol. The van der Waals surface area contributed by atoms with Crippen LogP contribution in [0.2, 0.25) is 0 Å². The lowest BCUT2D eigenvalue weighted by Gasteiger charge is -2.14. The number of esters is 2. The molecule has 0 fully saturated rings. The van der Waals surface area contributed by atoms with E-state index in [1.165, 1.54) is 0 Å². The molecule has 0 amide bonds. The van der Waals surface area contributed by atoms with E-state index in [9.17, 15) is 18.0 Å². The van der Waals surface area contributed by atoms with Gasteiger partial charge in [0, 0.05) is 12.8 Å². The van der Waals surface area contributed by atoms with Crippen LogP contribution < -0.4 is 0 Å². The zero-order chi connectivity index (χ0) is 17.7. The van der Waals surface area contributed by atoms with E-state index in [4.69, 9.17) is 20.0 Å². The summed E-state index contributed by atoms with van der Waals surface area (Å²) < 4.78 is 36.4. The summed E-state index contributed by atoms with van der Waals surface area (Å²) >= 11 is 0. The Morgan fingerprint density at radius 2 is 1.57 bits per heavy atom. The minimum Gasteiger partial charge on any atom is -0.466 e. The van der Waals surface area contributed by atoms with E-state index in [2.05, 4.69) is 4.18 Å². The maximum absolute atomic E-state index is 11.8. The van der Waals surface area contributed by atoms with E-state index in [1.807, 2.05) is 12.1 Å². The number of ether oxygens (including phenoxy) is 2. The standard InChI is InChI=1S/C13H18N2O7S/c1-23(18,19)22-11(13(17)21-9-5-3-7-15)10-12(16)20-8-4-2-6-14/h11H,2-5,8-10H2,1H3. The molecule has 0 aromatic rings. The van der Waals surface area contributed by atoms with Crippen molar-refractivity contribution < 1.29 is 31.7 Å². The van der Waals surface area contributed by atoms with Crippen molar-refractivity contribution in [1.29, 1.82) is 10.5 Å². The Bertz CT molecular complexity index is 574. The predicted octanol–water partition coefficient (Wildman–Crippen LogP) is 0.415. The summed E-state index contributed by atoms with van der Waals surface area (Å²) in [4.78, 5) is 23.3. The van der Waals surface area contributed by atoms with E-state index in [0.717, 1.165) is 6.26 Å². The lowest BCUT2D eigenvalue weighted by molar-refractivity contribution is -0.158. The minimum atomic E-state index is -3.98. The first kappa shape index (κ1) is 20.8. The summed E-state index contributed by atoms with van der Waals surface area (Å²) in [6.45, 7) is -0.109. The second kappa shape index (κ2) is 11.4. The van der Waals surface area contributed by atoms with Crippen LogP contribution in [-0.4, -0.2) is 45.9 Å². The van der Waals surface area contributed by atoms with Crippen LogP contribution in [0, 0.1) is 22.7 Å². The van der Waals surface area contributed by atoms with Crippen LogP contribution in [0.4, 0.5) is 0 Å². The second-order valence-electron chi connectivity index (χ2n) is 4.40. The molecule has 0 aliphatic carbocycles. The molecule has 0 aromatic carbocycles. The first-order valence-corrected chi connectivity index (χ1v) is 8.56. The van der Waals surface area contributed by atoms with Crippen LogP contribution in [-0.2, 0) is 33.4 Å². The van der Waals surface area contributed by atoms with Gasteiger partial charge in [0.1, 0.15) is 0 Å². The summed E-state index contributed by atoms with van der Waals surface area (Å²) in [6.07, 6.45) is -0.540. The largest absolute Gasteiger partial charge is 0.466 e. The number of unbranched alkanes of at least 4 members (excludes halogenated alkanes) is 2. The number of hydrogen-bond acceptors (Lipinski definition) is 9. The van der Waals surface area contributed by atoms with Gasteiger partial charge in [0.25, 0.3) is 10.1 Å². The van der Waals surface area contributed by atoms with Gasteiger partial charge in [0.05, 0.1) is 38.0 Å². The molecular weight excluding hydrogens is 328 g/mol. The Hall–Kier alpha value is -2.17. The predicted molar refractivity (Wildman–Crippen MR) is 75.9 cm³/mol. The van der Waals surface area contributed by atoms with E-state index in [-0.39, 0.29) is 32.5 Å². The third-order valence-corrected chi connectivity index (χ3v) is 2.86. The highest BCUT2D eigenvalue weighted by Crippen LogP contribution is 2.08. The highest BCUT2D eigenvalue weighted by atomic mass is 32.2. The molecular formula is C13H18N2O7S. The third kappa shape index (κ3) is 12.1. The molecule has 0 saturated carbocycles. The van der Waals surface area contributed by atoms with Crippen molar-refractivity contribution in [3.05, 3.63) is 0 Å². The summed E-state index contributed by atoms with van der Waals surface area (Å²) in [7, 11) is -3.98. The molecule has 1 unspecified atom stereocenters. The van der Waals surface area contributed by atoms with Gasteiger partial charge >= 0.3 is 11.9 Å². The average molecular weight is 346 g/mol. The van der Waals surface area contributed by atoms with Gasteiger partial charge in [-0.15, -0.1) is 0 Å². The second-order valence-corrected chi connectivity index (χ2v) is 6.01. The molecule has 0 N–H and O–H groups in total. The molecule has 1 atom stereocenters. The van der Waals surface area contributed by atoms with Crippen LogP contribution in [0.1, 0.15) is 32.1 Å². The average Bonchev–Trinajstić information content (AvgIpc) is 2.46. The lowest BCUT2D eigenvalue weighted by Crippen LogP contribution is -2.32. The summed E-state index contributed by atoms with van der Waals surface area (Å²) in [5.74, 6) is -1.87. The van der Waals surface area contributed by atoms with Crippen LogP contribution in [0.25, 0.3) is 0 Å². The van der Waals surface area contributed by atoms with Crippen LogP contribution in [0.3, 0.4) is 0 Å². The van der Waals surface area contributed by atoms with E-state index >= 15 is 0 Å². The number of rotatable bonds is 11. The third-order valence-electron chi connectivity index (χ3n) is 2.28. The molecule has 23 heavy (non-hydrogen) atoms. The normalized spacial score (nSPS) is 11.8. The number of nitrogens with zero attached hydrogens (tertiary/aromatic N) is 2. The molecule has 0 heterocycles. The number of nitriles is 2. The molecule has 0 saturated heterocycles. The lowest BCUT2D eigenvalue weighted by atomic mass is 10.2. The van der Waals surface area contributed by atoms with Gasteiger partial charge in [0.2, 0.25) is 0 Å². The molecule has 9 nitrogen and oxygen atoms in total. The van der Waals surface area contributed by atoms with Crippen LogP contribution in [0.5, 0.6) is 0 Å². The van der Waals surface area contributed by atoms with Crippen molar-refractivity contribution in [2.24, 2.45) is 0 Å². The molecule has 0 bridgehead atoms. The zero-order valence-corrected chi connectivity index (χ0v) is 13.5. The fourth-order valence-corrected chi connectivity index (χ4v) is 1.90. The van der Waals surface area contributed by atoms with Gasteiger partial charge in [-0.3, -0.25) is 8.98 Å². The van der Waals surface area contributed by atoms with Crippen LogP contribution >= 0.6 is 0 Å².